The molecule has 3 heterocycles. The highest BCUT2D eigenvalue weighted by Gasteiger charge is 2.24. The average molecular weight is 561 g/mol. The second-order valence-electron chi connectivity index (χ2n) is 8.62. The van der Waals surface area contributed by atoms with Gasteiger partial charge in [-0.2, -0.15) is 0 Å². The summed E-state index contributed by atoms with van der Waals surface area (Å²) in [7, 11) is -2.81. The molecule has 3 aromatic heterocycles. The Balaban J connectivity index is 1.50. The van der Waals surface area contributed by atoms with Crippen LogP contribution in [0.4, 0.5) is 5.69 Å². The molecule has 4 aromatic rings. The van der Waals surface area contributed by atoms with Gasteiger partial charge in [0.2, 0.25) is 11.6 Å². The largest absolute Gasteiger partial charge is 0.486 e. The maximum absolute atomic E-state index is 13.1. The van der Waals surface area contributed by atoms with Crippen molar-refractivity contribution in [1.29, 1.82) is 0 Å². The van der Waals surface area contributed by atoms with Gasteiger partial charge in [-0.25, -0.2) is 18.4 Å². The fraction of sp³-hybridized carbons (Fsp3) is 0.240. The topological polar surface area (TPSA) is 112 Å². The standard InChI is InChI=1S/C25H22Cl2N4O5S/c1-35-24-20(30-37(33,34)23-18(26)6-3-7-19(23)27)10-17(11-29-24)16-8-9-22-28-12-21(25(32)31(22)13-16)36-14-15-4-2-5-15/h3,6-13,15,30H,2,4-5,14H2,1H3. The molecule has 0 spiro atoms. The molecule has 1 saturated carbocycles. The lowest BCUT2D eigenvalue weighted by atomic mass is 9.86. The highest BCUT2D eigenvalue weighted by atomic mass is 35.5. The number of pyridine rings is 2. The van der Waals surface area contributed by atoms with E-state index in [9.17, 15) is 13.2 Å². The molecule has 1 aliphatic carbocycles. The fourth-order valence-electron chi connectivity index (χ4n) is 3.98. The Bertz CT molecular complexity index is 1630. The maximum atomic E-state index is 13.1. The van der Waals surface area contributed by atoms with E-state index in [1.165, 1.54) is 42.5 Å². The van der Waals surface area contributed by atoms with Crippen LogP contribution in [0.25, 0.3) is 16.8 Å². The van der Waals surface area contributed by atoms with E-state index in [0.717, 1.165) is 12.8 Å². The third kappa shape index (κ3) is 5.09. The van der Waals surface area contributed by atoms with Crippen LogP contribution in [0, 0.1) is 5.92 Å². The summed E-state index contributed by atoms with van der Waals surface area (Å²) in [6, 6.07) is 9.39. The van der Waals surface area contributed by atoms with Gasteiger partial charge in [0.15, 0.2) is 0 Å². The molecule has 0 atom stereocenters. The summed E-state index contributed by atoms with van der Waals surface area (Å²) in [4.78, 5) is 21.4. The van der Waals surface area contributed by atoms with Crippen molar-refractivity contribution < 1.29 is 17.9 Å². The lowest BCUT2D eigenvalue weighted by Gasteiger charge is -2.24. The minimum atomic E-state index is -4.18. The van der Waals surface area contributed by atoms with Crippen LogP contribution in [0.5, 0.6) is 11.6 Å². The summed E-state index contributed by atoms with van der Waals surface area (Å²) in [6.07, 6.45) is 7.95. The number of anilines is 1. The third-order valence-electron chi connectivity index (χ3n) is 6.18. The summed E-state index contributed by atoms with van der Waals surface area (Å²) in [5.74, 6) is 0.695. The van der Waals surface area contributed by atoms with Gasteiger partial charge in [0, 0.05) is 23.5 Å². The highest BCUT2D eigenvalue weighted by molar-refractivity contribution is 7.93. The zero-order chi connectivity index (χ0) is 26.2. The summed E-state index contributed by atoms with van der Waals surface area (Å²) < 4.78 is 41.1. The van der Waals surface area contributed by atoms with E-state index in [-0.39, 0.29) is 37.8 Å². The van der Waals surface area contributed by atoms with Gasteiger partial charge in [-0.15, -0.1) is 0 Å². The molecular formula is C25H22Cl2N4O5S. The number of halogens is 2. The molecule has 0 amide bonds. The molecule has 5 rings (SSSR count). The van der Waals surface area contributed by atoms with Crippen LogP contribution < -0.4 is 19.8 Å². The summed E-state index contributed by atoms with van der Waals surface area (Å²) in [5.41, 5.74) is 1.30. The number of fused-ring (bicyclic) bond motifs is 1. The van der Waals surface area contributed by atoms with Crippen molar-refractivity contribution in [1.82, 2.24) is 14.4 Å². The first kappa shape index (κ1) is 25.3. The van der Waals surface area contributed by atoms with Crippen molar-refractivity contribution in [3.05, 3.63) is 75.4 Å². The van der Waals surface area contributed by atoms with Crippen molar-refractivity contribution in [2.75, 3.05) is 18.4 Å². The van der Waals surface area contributed by atoms with Crippen LogP contribution in [-0.2, 0) is 10.0 Å². The first-order chi connectivity index (χ1) is 17.8. The molecule has 0 radical (unpaired) electrons. The molecule has 1 aliphatic rings. The zero-order valence-corrected chi connectivity index (χ0v) is 22.0. The van der Waals surface area contributed by atoms with Crippen molar-refractivity contribution in [2.24, 2.45) is 5.92 Å². The van der Waals surface area contributed by atoms with Crippen LogP contribution in [0.1, 0.15) is 19.3 Å². The molecule has 0 unspecified atom stereocenters. The summed E-state index contributed by atoms with van der Waals surface area (Å²) in [6.45, 7) is 0.490. The minimum absolute atomic E-state index is 0.0279. The predicted octanol–water partition coefficient (Wildman–Crippen LogP) is 5.05. The first-order valence-electron chi connectivity index (χ1n) is 11.4. The molecule has 1 aromatic carbocycles. The van der Waals surface area contributed by atoms with E-state index in [1.807, 2.05) is 0 Å². The Morgan fingerprint density at radius 2 is 1.84 bits per heavy atom. The molecule has 192 valence electrons. The Labute approximate surface area is 223 Å². The molecule has 0 saturated heterocycles. The van der Waals surface area contributed by atoms with E-state index in [1.54, 1.807) is 30.5 Å². The third-order valence-corrected chi connectivity index (χ3v) is 8.50. The monoisotopic (exact) mass is 560 g/mol. The molecule has 12 heteroatoms. The van der Waals surface area contributed by atoms with Crippen molar-refractivity contribution >= 4 is 44.6 Å². The van der Waals surface area contributed by atoms with Gasteiger partial charge in [-0.1, -0.05) is 35.7 Å². The normalized spacial score (nSPS) is 13.8. The van der Waals surface area contributed by atoms with Crippen molar-refractivity contribution in [3.63, 3.8) is 0 Å². The van der Waals surface area contributed by atoms with Crippen LogP contribution in [0.3, 0.4) is 0 Å². The molecule has 1 fully saturated rings. The van der Waals surface area contributed by atoms with Gasteiger partial charge in [0.05, 0.1) is 30.0 Å². The SMILES string of the molecule is COc1ncc(-c2ccc3ncc(OCC4CCC4)c(=O)n3c2)cc1NS(=O)(=O)c1c(Cl)cccc1Cl. The van der Waals surface area contributed by atoms with Gasteiger partial charge >= 0.3 is 0 Å². The van der Waals surface area contributed by atoms with Crippen molar-refractivity contribution in [3.8, 4) is 22.8 Å². The number of hydrogen-bond acceptors (Lipinski definition) is 7. The van der Waals surface area contributed by atoms with Crippen LogP contribution in [-0.4, -0.2) is 36.5 Å². The lowest BCUT2D eigenvalue weighted by molar-refractivity contribution is 0.178. The quantitative estimate of drug-likeness (QED) is 0.320. The number of hydrogen-bond donors (Lipinski definition) is 1. The van der Waals surface area contributed by atoms with Gasteiger partial charge in [0.1, 0.15) is 16.2 Å². The molecule has 1 N–H and O–H groups in total. The van der Waals surface area contributed by atoms with Crippen LogP contribution >= 0.6 is 23.2 Å². The van der Waals surface area contributed by atoms with E-state index >= 15 is 0 Å². The number of benzene rings is 1. The van der Waals surface area contributed by atoms with Gasteiger partial charge in [-0.05, 0) is 49.1 Å². The van der Waals surface area contributed by atoms with Gasteiger partial charge in [-0.3, -0.25) is 13.9 Å². The van der Waals surface area contributed by atoms with Crippen LogP contribution in [0.15, 0.2) is 64.7 Å². The zero-order valence-electron chi connectivity index (χ0n) is 19.6. The number of rotatable bonds is 8. The fourth-order valence-corrected chi connectivity index (χ4v) is 6.17. The molecule has 9 nitrogen and oxygen atoms in total. The molecule has 0 bridgehead atoms. The molecule has 37 heavy (non-hydrogen) atoms. The molecule has 0 aliphatic heterocycles. The highest BCUT2D eigenvalue weighted by Crippen LogP contribution is 2.34. The Morgan fingerprint density at radius 3 is 2.51 bits per heavy atom. The van der Waals surface area contributed by atoms with Crippen molar-refractivity contribution in [2.45, 2.75) is 24.2 Å². The second kappa shape index (κ2) is 10.2. The number of aromatic nitrogens is 3. The number of nitrogens with zero attached hydrogens (tertiary/aromatic N) is 3. The van der Waals surface area contributed by atoms with E-state index in [4.69, 9.17) is 32.7 Å². The first-order valence-corrected chi connectivity index (χ1v) is 13.7. The van der Waals surface area contributed by atoms with Gasteiger partial charge < -0.3 is 9.47 Å². The van der Waals surface area contributed by atoms with Crippen LogP contribution in [0.2, 0.25) is 10.0 Å². The number of sulfonamides is 1. The summed E-state index contributed by atoms with van der Waals surface area (Å²) in [5, 5.41) is -0.0559. The predicted molar refractivity (Wildman–Crippen MR) is 141 cm³/mol. The summed E-state index contributed by atoms with van der Waals surface area (Å²) >= 11 is 12.2. The molecular weight excluding hydrogens is 539 g/mol. The smallest absolute Gasteiger partial charge is 0.300 e. The average Bonchev–Trinajstić information content (AvgIpc) is 2.84. The Kier molecular flexibility index (Phi) is 6.98. The second-order valence-corrected chi connectivity index (χ2v) is 11.1. The Morgan fingerprint density at radius 1 is 1.08 bits per heavy atom. The minimum Gasteiger partial charge on any atom is -0.486 e. The van der Waals surface area contributed by atoms with Gasteiger partial charge in [0.25, 0.3) is 15.6 Å². The van der Waals surface area contributed by atoms with E-state index < -0.39 is 10.0 Å². The Hall–Kier alpha value is -3.34. The number of nitrogens with one attached hydrogen (secondary N) is 1. The van der Waals surface area contributed by atoms with E-state index in [0.29, 0.717) is 29.3 Å². The number of methoxy groups -OCH3 is 1. The van der Waals surface area contributed by atoms with E-state index in [2.05, 4.69) is 14.7 Å². The number of ether oxygens (including phenoxy) is 2. The maximum Gasteiger partial charge on any atom is 0.300 e. The lowest BCUT2D eigenvalue weighted by Crippen LogP contribution is -2.23.